The first-order valence-corrected chi connectivity index (χ1v) is 8.21. The van der Waals surface area contributed by atoms with Crippen LogP contribution in [0.2, 0.25) is 0 Å². The zero-order chi connectivity index (χ0) is 15.1. The normalized spacial score (nSPS) is 20.2. The lowest BCUT2D eigenvalue weighted by Gasteiger charge is -2.33. The molecule has 3 nitrogen and oxygen atoms in total. The third-order valence-corrected chi connectivity index (χ3v) is 4.40. The Morgan fingerprint density at radius 2 is 2.09 bits per heavy atom. The van der Waals surface area contributed by atoms with E-state index in [1.165, 1.54) is 18.4 Å². The van der Waals surface area contributed by atoms with Gasteiger partial charge in [0.1, 0.15) is 0 Å². The molecule has 2 unspecified atom stereocenters. The third kappa shape index (κ3) is 5.78. The van der Waals surface area contributed by atoms with Crippen LogP contribution in [-0.4, -0.2) is 37.5 Å². The number of benzene rings is 1. The van der Waals surface area contributed by atoms with Crippen molar-refractivity contribution in [1.29, 1.82) is 0 Å². The molecule has 124 valence electrons. The van der Waals surface area contributed by atoms with Crippen molar-refractivity contribution in [3.05, 3.63) is 35.9 Å². The Balaban J connectivity index is 0.00000242. The van der Waals surface area contributed by atoms with Gasteiger partial charge in [-0.25, -0.2) is 0 Å². The molecule has 22 heavy (non-hydrogen) atoms. The van der Waals surface area contributed by atoms with E-state index in [4.69, 9.17) is 0 Å². The molecule has 0 saturated carbocycles. The standard InChI is InChI=1S/C18H29N3.HI/c1-15-8-7-13-21(14-15)18(19-3)20-12-11-16(2)17-9-5-4-6-10-17;/h4-6,9-10,15-16H,7-8,11-14H2,1-3H3,(H,19,20);1H. The van der Waals surface area contributed by atoms with Crippen molar-refractivity contribution in [2.45, 2.75) is 39.0 Å². The van der Waals surface area contributed by atoms with Gasteiger partial charge in [0.2, 0.25) is 0 Å². The minimum atomic E-state index is 0. The van der Waals surface area contributed by atoms with E-state index in [-0.39, 0.29) is 24.0 Å². The van der Waals surface area contributed by atoms with Gasteiger partial charge in [0.25, 0.3) is 0 Å². The van der Waals surface area contributed by atoms with E-state index in [1.54, 1.807) is 0 Å². The maximum absolute atomic E-state index is 4.45. The lowest BCUT2D eigenvalue weighted by Crippen LogP contribution is -2.46. The van der Waals surface area contributed by atoms with E-state index in [1.807, 2.05) is 7.05 Å². The van der Waals surface area contributed by atoms with Crippen LogP contribution in [0.4, 0.5) is 0 Å². The summed E-state index contributed by atoms with van der Waals surface area (Å²) in [5.41, 5.74) is 1.42. The molecular weight excluding hydrogens is 385 g/mol. The Bertz CT molecular complexity index is 447. The van der Waals surface area contributed by atoms with Crippen molar-refractivity contribution in [2.75, 3.05) is 26.7 Å². The van der Waals surface area contributed by atoms with Gasteiger partial charge >= 0.3 is 0 Å². The Morgan fingerprint density at radius 3 is 2.73 bits per heavy atom. The molecule has 4 heteroatoms. The number of hydrogen-bond acceptors (Lipinski definition) is 1. The van der Waals surface area contributed by atoms with Crippen molar-refractivity contribution in [2.24, 2.45) is 10.9 Å². The molecule has 0 aliphatic carbocycles. The van der Waals surface area contributed by atoms with Crippen molar-refractivity contribution >= 4 is 29.9 Å². The molecule has 1 aromatic carbocycles. The van der Waals surface area contributed by atoms with E-state index in [9.17, 15) is 0 Å². The van der Waals surface area contributed by atoms with Crippen LogP contribution in [0.5, 0.6) is 0 Å². The summed E-state index contributed by atoms with van der Waals surface area (Å²) in [7, 11) is 1.89. The largest absolute Gasteiger partial charge is 0.356 e. The zero-order valence-corrected chi connectivity index (χ0v) is 16.4. The summed E-state index contributed by atoms with van der Waals surface area (Å²) in [6.07, 6.45) is 3.76. The highest BCUT2D eigenvalue weighted by molar-refractivity contribution is 14.0. The molecule has 1 heterocycles. The second-order valence-corrected chi connectivity index (χ2v) is 6.27. The summed E-state index contributed by atoms with van der Waals surface area (Å²) in [5, 5.41) is 3.54. The molecule has 1 N–H and O–H groups in total. The second-order valence-electron chi connectivity index (χ2n) is 6.27. The van der Waals surface area contributed by atoms with Crippen LogP contribution >= 0.6 is 24.0 Å². The van der Waals surface area contributed by atoms with Gasteiger partial charge in [-0.2, -0.15) is 0 Å². The van der Waals surface area contributed by atoms with E-state index in [0.717, 1.165) is 37.9 Å². The van der Waals surface area contributed by atoms with Crippen LogP contribution in [0.3, 0.4) is 0 Å². The number of piperidine rings is 1. The van der Waals surface area contributed by atoms with Gasteiger partial charge in [0.05, 0.1) is 0 Å². The monoisotopic (exact) mass is 415 g/mol. The topological polar surface area (TPSA) is 27.6 Å². The fourth-order valence-electron chi connectivity index (χ4n) is 3.06. The van der Waals surface area contributed by atoms with Gasteiger partial charge in [-0.05, 0) is 36.7 Å². The van der Waals surface area contributed by atoms with Gasteiger partial charge in [0.15, 0.2) is 5.96 Å². The third-order valence-electron chi connectivity index (χ3n) is 4.40. The van der Waals surface area contributed by atoms with E-state index in [0.29, 0.717) is 5.92 Å². The van der Waals surface area contributed by atoms with Crippen LogP contribution in [0.1, 0.15) is 44.6 Å². The molecule has 0 spiro atoms. The molecule has 0 bridgehead atoms. The first-order valence-electron chi connectivity index (χ1n) is 8.21. The number of halogens is 1. The Hall–Kier alpha value is -0.780. The Morgan fingerprint density at radius 1 is 1.36 bits per heavy atom. The van der Waals surface area contributed by atoms with Crippen LogP contribution in [-0.2, 0) is 0 Å². The highest BCUT2D eigenvalue weighted by Gasteiger charge is 2.19. The minimum absolute atomic E-state index is 0. The van der Waals surface area contributed by atoms with Crippen LogP contribution in [0.25, 0.3) is 0 Å². The zero-order valence-electron chi connectivity index (χ0n) is 14.1. The van der Waals surface area contributed by atoms with Crippen molar-refractivity contribution in [1.82, 2.24) is 10.2 Å². The fourth-order valence-corrected chi connectivity index (χ4v) is 3.06. The van der Waals surface area contributed by atoms with Crippen LogP contribution in [0, 0.1) is 5.92 Å². The predicted molar refractivity (Wildman–Crippen MR) is 106 cm³/mol. The molecule has 1 aromatic rings. The summed E-state index contributed by atoms with van der Waals surface area (Å²) >= 11 is 0. The number of likely N-dealkylation sites (tertiary alicyclic amines) is 1. The number of rotatable bonds is 4. The second kappa shape index (κ2) is 10.1. The molecule has 1 saturated heterocycles. The van der Waals surface area contributed by atoms with E-state index in [2.05, 4.69) is 59.4 Å². The summed E-state index contributed by atoms with van der Waals surface area (Å²) in [5.74, 6) is 2.43. The molecule has 0 radical (unpaired) electrons. The predicted octanol–water partition coefficient (Wildman–Crippen LogP) is 4.11. The number of aliphatic imine (C=N–C) groups is 1. The maximum atomic E-state index is 4.45. The molecular formula is C18H30IN3. The molecule has 2 rings (SSSR count). The van der Waals surface area contributed by atoms with Gasteiger partial charge < -0.3 is 10.2 Å². The molecule has 2 atom stereocenters. The number of nitrogens with one attached hydrogen (secondary N) is 1. The smallest absolute Gasteiger partial charge is 0.193 e. The Kier molecular flexibility index (Phi) is 8.83. The van der Waals surface area contributed by atoms with Gasteiger partial charge in [-0.3, -0.25) is 4.99 Å². The van der Waals surface area contributed by atoms with Gasteiger partial charge in [-0.1, -0.05) is 44.2 Å². The highest BCUT2D eigenvalue weighted by atomic mass is 127. The highest BCUT2D eigenvalue weighted by Crippen LogP contribution is 2.18. The van der Waals surface area contributed by atoms with E-state index < -0.39 is 0 Å². The number of nitrogens with zero attached hydrogens (tertiary/aromatic N) is 2. The molecule has 1 fully saturated rings. The van der Waals surface area contributed by atoms with Crippen LogP contribution < -0.4 is 5.32 Å². The van der Waals surface area contributed by atoms with Crippen molar-refractivity contribution in [3.8, 4) is 0 Å². The van der Waals surface area contributed by atoms with Crippen molar-refractivity contribution in [3.63, 3.8) is 0 Å². The first-order chi connectivity index (χ1) is 10.2. The number of guanidine groups is 1. The lowest BCUT2D eigenvalue weighted by molar-refractivity contribution is 0.266. The molecule has 1 aliphatic heterocycles. The number of hydrogen-bond donors (Lipinski definition) is 1. The SMILES string of the molecule is CN=C(NCCC(C)c1ccccc1)N1CCCC(C)C1.I. The molecule has 0 amide bonds. The first kappa shape index (κ1) is 19.3. The fraction of sp³-hybridized carbons (Fsp3) is 0.611. The average molecular weight is 415 g/mol. The summed E-state index contributed by atoms with van der Waals surface area (Å²) in [4.78, 5) is 6.85. The summed E-state index contributed by atoms with van der Waals surface area (Å²) in [6.45, 7) is 7.87. The molecule has 1 aliphatic rings. The lowest BCUT2D eigenvalue weighted by atomic mass is 9.98. The van der Waals surface area contributed by atoms with Crippen LogP contribution in [0.15, 0.2) is 35.3 Å². The minimum Gasteiger partial charge on any atom is -0.356 e. The quantitative estimate of drug-likeness (QED) is 0.456. The van der Waals surface area contributed by atoms with E-state index >= 15 is 0 Å². The summed E-state index contributed by atoms with van der Waals surface area (Å²) in [6, 6.07) is 10.7. The molecule has 0 aromatic heterocycles. The average Bonchev–Trinajstić information content (AvgIpc) is 2.52. The van der Waals surface area contributed by atoms with Crippen molar-refractivity contribution < 1.29 is 0 Å². The maximum Gasteiger partial charge on any atom is 0.193 e. The summed E-state index contributed by atoms with van der Waals surface area (Å²) < 4.78 is 0. The Labute approximate surface area is 152 Å². The van der Waals surface area contributed by atoms with Gasteiger partial charge in [0, 0.05) is 26.7 Å². The van der Waals surface area contributed by atoms with Gasteiger partial charge in [-0.15, -0.1) is 24.0 Å².